The van der Waals surface area contributed by atoms with E-state index in [0.717, 1.165) is 13.0 Å². The summed E-state index contributed by atoms with van der Waals surface area (Å²) in [5, 5.41) is 1.27. The Morgan fingerprint density at radius 1 is 1.38 bits per heavy atom. The Balaban J connectivity index is 2.43. The number of para-hydroxylation sites is 1. The maximum absolute atomic E-state index is 5.78. The van der Waals surface area contributed by atoms with Gasteiger partial charge in [-0.05, 0) is 30.9 Å². The molecular weight excluding hydrogens is 196 g/mol. The molecule has 0 unspecified atom stereocenters. The van der Waals surface area contributed by atoms with Crippen LogP contribution in [0.4, 0.5) is 0 Å². The Labute approximate surface area is 96.4 Å². The fraction of sp³-hybridized carbons (Fsp3) is 0.286. The first kappa shape index (κ1) is 11.0. The van der Waals surface area contributed by atoms with E-state index < -0.39 is 0 Å². The van der Waals surface area contributed by atoms with E-state index in [2.05, 4.69) is 48.4 Å². The zero-order valence-corrected chi connectivity index (χ0v) is 9.74. The molecule has 2 heteroatoms. The van der Waals surface area contributed by atoms with Crippen molar-refractivity contribution in [1.29, 1.82) is 0 Å². The van der Waals surface area contributed by atoms with Crippen LogP contribution in [0.3, 0.4) is 0 Å². The third-order valence-electron chi connectivity index (χ3n) is 2.87. The molecule has 0 spiro atoms. The van der Waals surface area contributed by atoms with Crippen LogP contribution in [0.15, 0.2) is 42.5 Å². The van der Waals surface area contributed by atoms with Crippen LogP contribution in [-0.4, -0.2) is 4.57 Å². The van der Waals surface area contributed by atoms with Gasteiger partial charge in [0.2, 0.25) is 0 Å². The number of nitrogens with zero attached hydrogens (tertiary/aromatic N) is 1. The van der Waals surface area contributed by atoms with Crippen LogP contribution in [0, 0.1) is 0 Å². The highest BCUT2D eigenvalue weighted by molar-refractivity contribution is 5.81. The molecule has 0 fully saturated rings. The molecule has 16 heavy (non-hydrogen) atoms. The molecule has 0 bridgehead atoms. The topological polar surface area (TPSA) is 30.9 Å². The molecule has 1 heterocycles. The van der Waals surface area contributed by atoms with Gasteiger partial charge >= 0.3 is 0 Å². The molecule has 0 amide bonds. The Hall–Kier alpha value is -1.54. The van der Waals surface area contributed by atoms with Crippen molar-refractivity contribution in [3.8, 4) is 0 Å². The predicted octanol–water partition coefficient (Wildman–Crippen LogP) is 3.07. The summed E-state index contributed by atoms with van der Waals surface area (Å²) in [5.41, 5.74) is 9.45. The fourth-order valence-electron chi connectivity index (χ4n) is 2.00. The lowest BCUT2D eigenvalue weighted by Crippen LogP contribution is -2.07. The minimum atomic E-state index is 0.588. The van der Waals surface area contributed by atoms with Crippen molar-refractivity contribution in [2.24, 2.45) is 5.73 Å². The summed E-state index contributed by atoms with van der Waals surface area (Å²) in [7, 11) is 0. The quantitative estimate of drug-likeness (QED) is 0.779. The zero-order chi connectivity index (χ0) is 11.5. The normalized spacial score (nSPS) is 10.9. The highest BCUT2D eigenvalue weighted by Crippen LogP contribution is 2.20. The lowest BCUT2D eigenvalue weighted by molar-refractivity contribution is 0.681. The van der Waals surface area contributed by atoms with Gasteiger partial charge in [-0.3, -0.25) is 0 Å². The third-order valence-corrected chi connectivity index (χ3v) is 2.87. The predicted molar refractivity (Wildman–Crippen MR) is 69.3 cm³/mol. The van der Waals surface area contributed by atoms with Crippen LogP contribution in [0.1, 0.15) is 19.0 Å². The third kappa shape index (κ3) is 2.02. The van der Waals surface area contributed by atoms with Gasteiger partial charge in [0, 0.05) is 24.3 Å². The van der Waals surface area contributed by atoms with Crippen molar-refractivity contribution >= 4 is 10.9 Å². The van der Waals surface area contributed by atoms with E-state index in [1.165, 1.54) is 22.2 Å². The standard InChI is InChI=1S/C14H18N2/c1-11(2)7-8-16-13(10-15)9-12-5-3-4-6-14(12)16/h3-6,9H,1,7-8,10,15H2,2H3. The molecule has 0 radical (unpaired) electrons. The molecule has 0 aliphatic heterocycles. The van der Waals surface area contributed by atoms with Gasteiger partial charge in [-0.25, -0.2) is 0 Å². The average molecular weight is 214 g/mol. The second-order valence-electron chi connectivity index (χ2n) is 4.26. The molecule has 0 saturated heterocycles. The van der Waals surface area contributed by atoms with Gasteiger partial charge in [0.05, 0.1) is 0 Å². The Morgan fingerprint density at radius 2 is 2.12 bits per heavy atom. The zero-order valence-electron chi connectivity index (χ0n) is 9.74. The smallest absolute Gasteiger partial charge is 0.0483 e. The van der Waals surface area contributed by atoms with Gasteiger partial charge in [-0.15, -0.1) is 6.58 Å². The maximum Gasteiger partial charge on any atom is 0.0483 e. The molecule has 1 aromatic heterocycles. The SMILES string of the molecule is C=C(C)CCn1c(CN)cc2ccccc21. The number of rotatable bonds is 4. The fourth-order valence-corrected chi connectivity index (χ4v) is 2.00. The molecule has 0 aliphatic carbocycles. The number of allylic oxidation sites excluding steroid dienone is 1. The first-order chi connectivity index (χ1) is 7.72. The highest BCUT2D eigenvalue weighted by Gasteiger charge is 2.06. The Kier molecular flexibility index (Phi) is 3.11. The van der Waals surface area contributed by atoms with E-state index in [1.54, 1.807) is 0 Å². The molecule has 0 aliphatic rings. The number of hydrogen-bond acceptors (Lipinski definition) is 1. The van der Waals surface area contributed by atoms with Crippen molar-refractivity contribution in [2.45, 2.75) is 26.4 Å². The number of aryl methyl sites for hydroxylation is 1. The van der Waals surface area contributed by atoms with E-state index in [9.17, 15) is 0 Å². The van der Waals surface area contributed by atoms with Gasteiger partial charge < -0.3 is 10.3 Å². The van der Waals surface area contributed by atoms with E-state index in [4.69, 9.17) is 5.73 Å². The molecule has 2 nitrogen and oxygen atoms in total. The number of fused-ring (bicyclic) bond motifs is 1. The number of hydrogen-bond donors (Lipinski definition) is 1. The van der Waals surface area contributed by atoms with Crippen LogP contribution < -0.4 is 5.73 Å². The van der Waals surface area contributed by atoms with Crippen LogP contribution in [-0.2, 0) is 13.1 Å². The lowest BCUT2D eigenvalue weighted by Gasteiger charge is -2.09. The van der Waals surface area contributed by atoms with Crippen LogP contribution in [0.5, 0.6) is 0 Å². The average Bonchev–Trinajstić information content (AvgIpc) is 2.64. The van der Waals surface area contributed by atoms with Gasteiger partial charge in [0.1, 0.15) is 0 Å². The first-order valence-corrected chi connectivity index (χ1v) is 5.64. The van der Waals surface area contributed by atoms with Gasteiger partial charge in [0.15, 0.2) is 0 Å². The van der Waals surface area contributed by atoms with Gasteiger partial charge in [-0.2, -0.15) is 0 Å². The number of aromatic nitrogens is 1. The summed E-state index contributed by atoms with van der Waals surface area (Å²) in [6, 6.07) is 10.6. The van der Waals surface area contributed by atoms with Gasteiger partial charge in [0.25, 0.3) is 0 Å². The van der Waals surface area contributed by atoms with E-state index in [0.29, 0.717) is 6.54 Å². The summed E-state index contributed by atoms with van der Waals surface area (Å²) >= 11 is 0. The molecular formula is C14H18N2. The summed E-state index contributed by atoms with van der Waals surface area (Å²) in [6.07, 6.45) is 1.01. The molecule has 0 atom stereocenters. The van der Waals surface area contributed by atoms with Gasteiger partial charge in [-0.1, -0.05) is 23.8 Å². The van der Waals surface area contributed by atoms with Crippen LogP contribution in [0.25, 0.3) is 10.9 Å². The van der Waals surface area contributed by atoms with E-state index >= 15 is 0 Å². The maximum atomic E-state index is 5.78. The second-order valence-corrected chi connectivity index (χ2v) is 4.26. The molecule has 1 aromatic carbocycles. The molecule has 84 valence electrons. The van der Waals surface area contributed by atoms with Crippen LogP contribution >= 0.6 is 0 Å². The summed E-state index contributed by atoms with van der Waals surface area (Å²) in [4.78, 5) is 0. The highest BCUT2D eigenvalue weighted by atomic mass is 15.0. The van der Waals surface area contributed by atoms with E-state index in [-0.39, 0.29) is 0 Å². The van der Waals surface area contributed by atoms with Crippen LogP contribution in [0.2, 0.25) is 0 Å². The number of benzene rings is 1. The summed E-state index contributed by atoms with van der Waals surface area (Å²) in [5.74, 6) is 0. The largest absolute Gasteiger partial charge is 0.343 e. The monoisotopic (exact) mass is 214 g/mol. The summed E-state index contributed by atoms with van der Waals surface area (Å²) in [6.45, 7) is 7.56. The molecule has 0 saturated carbocycles. The Bertz CT molecular complexity index is 508. The minimum absolute atomic E-state index is 0.588. The van der Waals surface area contributed by atoms with E-state index in [1.807, 2.05) is 0 Å². The van der Waals surface area contributed by atoms with Crippen molar-refractivity contribution in [2.75, 3.05) is 0 Å². The van der Waals surface area contributed by atoms with Crippen molar-refractivity contribution < 1.29 is 0 Å². The lowest BCUT2D eigenvalue weighted by atomic mass is 10.2. The van der Waals surface area contributed by atoms with Crippen molar-refractivity contribution in [3.05, 3.63) is 48.2 Å². The molecule has 2 N–H and O–H groups in total. The minimum Gasteiger partial charge on any atom is -0.343 e. The first-order valence-electron chi connectivity index (χ1n) is 5.64. The Morgan fingerprint density at radius 3 is 2.81 bits per heavy atom. The summed E-state index contributed by atoms with van der Waals surface area (Å²) < 4.78 is 2.30. The van der Waals surface area contributed by atoms with Crippen molar-refractivity contribution in [1.82, 2.24) is 4.57 Å². The van der Waals surface area contributed by atoms with Crippen molar-refractivity contribution in [3.63, 3.8) is 0 Å². The second kappa shape index (κ2) is 4.54. The number of nitrogens with two attached hydrogens (primary N) is 1. The molecule has 2 rings (SSSR count). The molecule has 2 aromatic rings.